The maximum atomic E-state index is 12.1. The van der Waals surface area contributed by atoms with E-state index in [1.165, 1.54) is 4.57 Å². The third-order valence-corrected chi connectivity index (χ3v) is 3.82. The number of nitrogens with one attached hydrogen (secondary N) is 1. The van der Waals surface area contributed by atoms with E-state index in [0.717, 1.165) is 19.3 Å². The van der Waals surface area contributed by atoms with Crippen molar-refractivity contribution in [2.24, 2.45) is 0 Å². The van der Waals surface area contributed by atoms with Crippen LogP contribution in [0, 0.1) is 4.77 Å². The summed E-state index contributed by atoms with van der Waals surface area (Å²) in [5, 5.41) is 10.5. The lowest BCUT2D eigenvalue weighted by molar-refractivity contribution is 0.400. The highest BCUT2D eigenvalue weighted by molar-refractivity contribution is 7.71. The maximum Gasteiger partial charge on any atom is 0.258 e. The number of hydrogen-bond acceptors (Lipinski definition) is 4. The number of aromatic nitrogens is 2. The van der Waals surface area contributed by atoms with Crippen LogP contribution in [0.15, 0.2) is 29.1 Å². The van der Waals surface area contributed by atoms with Gasteiger partial charge in [-0.1, -0.05) is 31.9 Å². The van der Waals surface area contributed by atoms with Gasteiger partial charge in [-0.2, -0.15) is 0 Å². The Bertz CT molecular complexity index is 765. The Labute approximate surface area is 134 Å². The molecule has 0 saturated heterocycles. The summed E-state index contributed by atoms with van der Waals surface area (Å²) in [5.74, 6) is 0.454. The van der Waals surface area contributed by atoms with Crippen LogP contribution in [-0.4, -0.2) is 21.8 Å². The Morgan fingerprint density at radius 3 is 2.73 bits per heavy atom. The number of H-pyrrole nitrogens is 1. The van der Waals surface area contributed by atoms with Crippen LogP contribution in [0.5, 0.6) is 11.6 Å². The minimum absolute atomic E-state index is 0.116. The molecule has 0 atom stereocenters. The topological polar surface area (TPSA) is 67.2 Å². The van der Waals surface area contributed by atoms with Gasteiger partial charge in [0.05, 0.1) is 18.4 Å². The van der Waals surface area contributed by atoms with Crippen molar-refractivity contribution < 1.29 is 9.84 Å². The molecule has 0 radical (unpaired) electrons. The molecule has 2 N–H and O–H groups in total. The number of aromatic hydroxyl groups is 1. The van der Waals surface area contributed by atoms with E-state index in [2.05, 4.69) is 11.9 Å². The van der Waals surface area contributed by atoms with Crippen molar-refractivity contribution in [3.63, 3.8) is 0 Å². The van der Waals surface area contributed by atoms with Gasteiger partial charge in [-0.25, -0.2) is 0 Å². The van der Waals surface area contributed by atoms with Gasteiger partial charge in [-0.3, -0.25) is 14.3 Å². The fourth-order valence-corrected chi connectivity index (χ4v) is 2.65. The van der Waals surface area contributed by atoms with Gasteiger partial charge in [0.2, 0.25) is 5.88 Å². The fourth-order valence-electron chi connectivity index (χ4n) is 2.38. The number of aromatic amines is 1. The van der Waals surface area contributed by atoms with Gasteiger partial charge in [0.1, 0.15) is 5.75 Å². The zero-order valence-electron chi connectivity index (χ0n) is 12.8. The van der Waals surface area contributed by atoms with Crippen LogP contribution in [0.25, 0.3) is 5.69 Å². The Kier molecular flexibility index (Phi) is 5.38. The number of rotatable bonds is 6. The lowest BCUT2D eigenvalue weighted by Gasteiger charge is -2.15. The average molecular weight is 320 g/mol. The van der Waals surface area contributed by atoms with E-state index in [-0.39, 0.29) is 16.2 Å². The molecule has 0 saturated carbocycles. The van der Waals surface area contributed by atoms with Crippen molar-refractivity contribution in [3.05, 3.63) is 45.0 Å². The number of ether oxygens (including phenoxy) is 1. The maximum absolute atomic E-state index is 12.1. The minimum Gasteiger partial charge on any atom is -0.495 e. The van der Waals surface area contributed by atoms with Gasteiger partial charge < -0.3 is 9.84 Å². The van der Waals surface area contributed by atoms with E-state index in [1.807, 2.05) is 12.1 Å². The number of para-hydroxylation sites is 2. The zero-order chi connectivity index (χ0) is 16.1. The summed E-state index contributed by atoms with van der Waals surface area (Å²) in [4.78, 5) is 14.7. The van der Waals surface area contributed by atoms with Crippen LogP contribution in [0.2, 0.25) is 0 Å². The Hall–Kier alpha value is -2.08. The Morgan fingerprint density at radius 1 is 1.32 bits per heavy atom. The van der Waals surface area contributed by atoms with Gasteiger partial charge in [0.25, 0.3) is 5.56 Å². The summed E-state index contributed by atoms with van der Waals surface area (Å²) in [5.41, 5.74) is 0.623. The summed E-state index contributed by atoms with van der Waals surface area (Å²) >= 11 is 5.20. The summed E-state index contributed by atoms with van der Waals surface area (Å²) in [6.07, 6.45) is 3.41. The van der Waals surface area contributed by atoms with Crippen LogP contribution < -0.4 is 10.3 Å². The molecule has 0 fully saturated rings. The molecule has 6 heteroatoms. The van der Waals surface area contributed by atoms with Crippen LogP contribution in [0.1, 0.15) is 31.7 Å². The van der Waals surface area contributed by atoms with E-state index >= 15 is 0 Å². The third-order valence-electron chi connectivity index (χ3n) is 3.54. The molecule has 118 valence electrons. The minimum atomic E-state index is -0.329. The predicted molar refractivity (Wildman–Crippen MR) is 88.7 cm³/mol. The first-order valence-corrected chi connectivity index (χ1v) is 7.71. The molecule has 1 aromatic heterocycles. The summed E-state index contributed by atoms with van der Waals surface area (Å²) < 4.78 is 6.89. The van der Waals surface area contributed by atoms with Crippen LogP contribution in [0.4, 0.5) is 0 Å². The second-order valence-electron chi connectivity index (χ2n) is 5.03. The second-order valence-corrected chi connectivity index (χ2v) is 5.41. The summed E-state index contributed by atoms with van der Waals surface area (Å²) in [6.45, 7) is 2.09. The molecular formula is C16H20N2O3S. The van der Waals surface area contributed by atoms with Crippen molar-refractivity contribution in [1.82, 2.24) is 9.55 Å². The second kappa shape index (κ2) is 7.26. The number of unbranched alkanes of at least 4 members (excludes halogenated alkanes) is 2. The van der Waals surface area contributed by atoms with Gasteiger partial charge in [0.15, 0.2) is 4.77 Å². The molecule has 0 unspecified atom stereocenters. The molecule has 0 aliphatic rings. The van der Waals surface area contributed by atoms with Crippen LogP contribution in [0.3, 0.4) is 0 Å². The van der Waals surface area contributed by atoms with Crippen LogP contribution in [-0.2, 0) is 6.42 Å². The first-order chi connectivity index (χ1) is 10.6. The third kappa shape index (κ3) is 3.22. The van der Waals surface area contributed by atoms with E-state index < -0.39 is 0 Å². The van der Waals surface area contributed by atoms with Crippen molar-refractivity contribution in [2.75, 3.05) is 7.11 Å². The molecule has 2 rings (SSSR count). The highest BCUT2D eigenvalue weighted by atomic mass is 32.1. The van der Waals surface area contributed by atoms with Gasteiger partial charge >= 0.3 is 0 Å². The molecule has 0 amide bonds. The van der Waals surface area contributed by atoms with Gasteiger partial charge in [-0.15, -0.1) is 0 Å². The molecule has 0 bridgehead atoms. The Balaban J connectivity index is 2.59. The highest BCUT2D eigenvalue weighted by Crippen LogP contribution is 2.27. The van der Waals surface area contributed by atoms with Gasteiger partial charge in [-0.05, 0) is 37.2 Å². The molecule has 1 aromatic carbocycles. The predicted octanol–water partition coefficient (Wildman–Crippen LogP) is 3.34. The first-order valence-electron chi connectivity index (χ1n) is 7.30. The quantitative estimate of drug-likeness (QED) is 0.633. The standard InChI is InChI=1S/C16H20N2O3S/c1-3-4-5-8-11-14(19)17-16(22)18(15(11)20)12-9-6-7-10-13(12)21-2/h6-7,9-10,20H,3-5,8H2,1-2H3,(H,17,19,22). The molecule has 5 nitrogen and oxygen atoms in total. The molecule has 22 heavy (non-hydrogen) atoms. The normalized spacial score (nSPS) is 10.6. The highest BCUT2D eigenvalue weighted by Gasteiger charge is 2.15. The molecule has 0 spiro atoms. The summed E-state index contributed by atoms with van der Waals surface area (Å²) in [6, 6.07) is 7.21. The summed E-state index contributed by atoms with van der Waals surface area (Å²) in [7, 11) is 1.55. The largest absolute Gasteiger partial charge is 0.495 e. The monoisotopic (exact) mass is 320 g/mol. The Morgan fingerprint density at radius 2 is 2.05 bits per heavy atom. The average Bonchev–Trinajstić information content (AvgIpc) is 2.51. The number of benzene rings is 1. The lowest BCUT2D eigenvalue weighted by atomic mass is 10.1. The van der Waals surface area contributed by atoms with E-state index in [0.29, 0.717) is 23.4 Å². The van der Waals surface area contributed by atoms with Crippen molar-refractivity contribution in [1.29, 1.82) is 0 Å². The van der Waals surface area contributed by atoms with Crippen molar-refractivity contribution in [2.45, 2.75) is 32.6 Å². The molecule has 0 aliphatic heterocycles. The molecular weight excluding hydrogens is 300 g/mol. The van der Waals surface area contributed by atoms with Crippen LogP contribution >= 0.6 is 12.2 Å². The fraction of sp³-hybridized carbons (Fsp3) is 0.375. The zero-order valence-corrected chi connectivity index (χ0v) is 13.6. The SMILES string of the molecule is CCCCCc1c(O)n(-c2ccccc2OC)c(=S)[nH]c1=O. The van der Waals surface area contributed by atoms with E-state index in [1.54, 1.807) is 19.2 Å². The molecule has 1 heterocycles. The molecule has 0 aliphatic carbocycles. The lowest BCUT2D eigenvalue weighted by Crippen LogP contribution is -2.18. The van der Waals surface area contributed by atoms with E-state index in [4.69, 9.17) is 17.0 Å². The number of nitrogens with zero attached hydrogens (tertiary/aromatic N) is 1. The number of hydrogen-bond donors (Lipinski definition) is 2. The number of methoxy groups -OCH3 is 1. The van der Waals surface area contributed by atoms with E-state index in [9.17, 15) is 9.90 Å². The van der Waals surface area contributed by atoms with Crippen molar-refractivity contribution >= 4 is 12.2 Å². The first kappa shape index (κ1) is 16.3. The molecule has 2 aromatic rings. The van der Waals surface area contributed by atoms with Crippen molar-refractivity contribution in [3.8, 4) is 17.3 Å². The van der Waals surface area contributed by atoms with Gasteiger partial charge in [0, 0.05) is 0 Å². The smallest absolute Gasteiger partial charge is 0.258 e.